The summed E-state index contributed by atoms with van der Waals surface area (Å²) < 4.78 is 29.5. The van der Waals surface area contributed by atoms with E-state index in [9.17, 15) is 9.18 Å². The second-order valence-corrected chi connectivity index (χ2v) is 4.76. The Morgan fingerprint density at radius 2 is 1.95 bits per heavy atom. The van der Waals surface area contributed by atoms with Crippen molar-refractivity contribution in [3.63, 3.8) is 0 Å². The van der Waals surface area contributed by atoms with Gasteiger partial charge >= 0.3 is 5.97 Å². The first-order chi connectivity index (χ1) is 9.46. The minimum atomic E-state index is -1.98. The van der Waals surface area contributed by atoms with Gasteiger partial charge in [-0.2, -0.15) is 0 Å². The van der Waals surface area contributed by atoms with Crippen molar-refractivity contribution < 1.29 is 23.4 Å². The lowest BCUT2D eigenvalue weighted by Gasteiger charge is -2.19. The molecule has 0 fully saturated rings. The topological polar surface area (TPSA) is 70.8 Å². The molecule has 0 spiro atoms. The Kier molecular flexibility index (Phi) is 6.22. The molecule has 0 saturated carbocycles. The summed E-state index contributed by atoms with van der Waals surface area (Å²) in [6.07, 6.45) is -1.98. The smallest absolute Gasteiger partial charge is 0.342 e. The maximum absolute atomic E-state index is 14.0. The number of hydrogen-bond acceptors (Lipinski definition) is 5. The van der Waals surface area contributed by atoms with Crippen LogP contribution in [0.5, 0.6) is 11.5 Å². The molecule has 0 amide bonds. The van der Waals surface area contributed by atoms with Crippen LogP contribution in [-0.4, -0.2) is 33.0 Å². The Morgan fingerprint density at radius 3 is 2.45 bits per heavy atom. The van der Waals surface area contributed by atoms with Gasteiger partial charge in [-0.05, 0) is 35.0 Å². The molecule has 0 aliphatic carbocycles. The standard InChI is InChI=1S/C13H17BrFNO4/c1-4-20-13(17)11(15)12(16)7-5-10(19-3)8(14)6-9(7)18-2/h5-6,11-12H,4,16H2,1-3H3/t11?,12-/m0/s1. The third-order valence-corrected chi connectivity index (χ3v) is 3.31. The molecule has 2 atom stereocenters. The molecule has 7 heteroatoms. The molecule has 1 aromatic rings. The Balaban J connectivity index is 3.13. The lowest BCUT2D eigenvalue weighted by Crippen LogP contribution is -2.31. The third-order valence-electron chi connectivity index (χ3n) is 2.69. The first-order valence-corrected chi connectivity index (χ1v) is 6.73. The van der Waals surface area contributed by atoms with Gasteiger partial charge in [-0.3, -0.25) is 0 Å². The van der Waals surface area contributed by atoms with Gasteiger partial charge in [0.05, 0.1) is 31.3 Å². The molecule has 0 aliphatic heterocycles. The average Bonchev–Trinajstić information content (AvgIpc) is 2.45. The molecule has 2 N–H and O–H groups in total. The molecular weight excluding hydrogens is 333 g/mol. The molecule has 1 rings (SSSR count). The van der Waals surface area contributed by atoms with Crippen molar-refractivity contribution >= 4 is 21.9 Å². The average molecular weight is 350 g/mol. The SMILES string of the molecule is CCOC(=O)C(F)[C@@H](N)c1cc(OC)c(Br)cc1OC. The van der Waals surface area contributed by atoms with Crippen LogP contribution >= 0.6 is 15.9 Å². The van der Waals surface area contributed by atoms with Crippen LogP contribution in [0.1, 0.15) is 18.5 Å². The molecular formula is C13H17BrFNO4. The van der Waals surface area contributed by atoms with E-state index in [1.807, 2.05) is 0 Å². The van der Waals surface area contributed by atoms with E-state index in [1.54, 1.807) is 13.0 Å². The summed E-state index contributed by atoms with van der Waals surface area (Å²) in [5.74, 6) is -0.173. The molecule has 0 radical (unpaired) electrons. The summed E-state index contributed by atoms with van der Waals surface area (Å²) in [6.45, 7) is 1.69. The number of halogens is 2. The fourth-order valence-electron chi connectivity index (χ4n) is 1.67. The maximum atomic E-state index is 14.0. The van der Waals surface area contributed by atoms with Crippen LogP contribution in [0.4, 0.5) is 4.39 Å². The van der Waals surface area contributed by atoms with Crippen molar-refractivity contribution in [2.75, 3.05) is 20.8 Å². The molecule has 0 saturated heterocycles. The van der Waals surface area contributed by atoms with Gasteiger partial charge < -0.3 is 19.9 Å². The van der Waals surface area contributed by atoms with Crippen LogP contribution in [0, 0.1) is 0 Å². The van der Waals surface area contributed by atoms with Crippen molar-refractivity contribution in [1.82, 2.24) is 0 Å². The van der Waals surface area contributed by atoms with Crippen LogP contribution in [0.2, 0.25) is 0 Å². The lowest BCUT2D eigenvalue weighted by atomic mass is 10.0. The highest BCUT2D eigenvalue weighted by atomic mass is 79.9. The van der Waals surface area contributed by atoms with E-state index in [1.165, 1.54) is 20.3 Å². The lowest BCUT2D eigenvalue weighted by molar-refractivity contribution is -0.149. The molecule has 0 aliphatic rings. The summed E-state index contributed by atoms with van der Waals surface area (Å²) in [5, 5.41) is 0. The number of alkyl halides is 1. The van der Waals surface area contributed by atoms with Crippen LogP contribution in [-0.2, 0) is 9.53 Å². The number of benzene rings is 1. The molecule has 112 valence electrons. The van der Waals surface area contributed by atoms with Crippen LogP contribution in [0.15, 0.2) is 16.6 Å². The van der Waals surface area contributed by atoms with Gasteiger partial charge in [-0.15, -0.1) is 0 Å². The Hall–Kier alpha value is -1.34. The van der Waals surface area contributed by atoms with Gasteiger partial charge in [0.25, 0.3) is 0 Å². The van der Waals surface area contributed by atoms with E-state index in [0.29, 0.717) is 21.5 Å². The molecule has 5 nitrogen and oxygen atoms in total. The summed E-state index contributed by atoms with van der Waals surface area (Å²) in [7, 11) is 2.90. The quantitative estimate of drug-likeness (QED) is 0.798. The van der Waals surface area contributed by atoms with Crippen molar-refractivity contribution in [2.45, 2.75) is 19.1 Å². The van der Waals surface area contributed by atoms with Crippen LogP contribution < -0.4 is 15.2 Å². The molecule has 1 aromatic carbocycles. The zero-order valence-corrected chi connectivity index (χ0v) is 13.1. The first kappa shape index (κ1) is 16.7. The number of methoxy groups -OCH3 is 2. The predicted molar refractivity (Wildman–Crippen MR) is 75.7 cm³/mol. The maximum Gasteiger partial charge on any atom is 0.342 e. The number of carbonyl (C=O) groups is 1. The van der Waals surface area contributed by atoms with E-state index in [0.717, 1.165) is 0 Å². The zero-order chi connectivity index (χ0) is 15.3. The first-order valence-electron chi connectivity index (χ1n) is 5.93. The van der Waals surface area contributed by atoms with E-state index >= 15 is 0 Å². The van der Waals surface area contributed by atoms with E-state index in [2.05, 4.69) is 20.7 Å². The van der Waals surface area contributed by atoms with Gasteiger partial charge in [-0.1, -0.05) is 0 Å². The normalized spacial score (nSPS) is 13.5. The zero-order valence-electron chi connectivity index (χ0n) is 11.5. The number of carbonyl (C=O) groups excluding carboxylic acids is 1. The Morgan fingerprint density at radius 1 is 1.35 bits per heavy atom. The van der Waals surface area contributed by atoms with Gasteiger partial charge in [-0.25, -0.2) is 9.18 Å². The molecule has 0 heterocycles. The molecule has 1 unspecified atom stereocenters. The molecule has 20 heavy (non-hydrogen) atoms. The highest BCUT2D eigenvalue weighted by Crippen LogP contribution is 2.36. The summed E-state index contributed by atoms with van der Waals surface area (Å²) >= 11 is 3.29. The van der Waals surface area contributed by atoms with Gasteiger partial charge in [0.1, 0.15) is 11.5 Å². The van der Waals surface area contributed by atoms with Crippen molar-refractivity contribution in [3.05, 3.63) is 22.2 Å². The third kappa shape index (κ3) is 3.61. The van der Waals surface area contributed by atoms with Crippen molar-refractivity contribution in [3.8, 4) is 11.5 Å². The monoisotopic (exact) mass is 349 g/mol. The number of ether oxygens (including phenoxy) is 3. The predicted octanol–water partition coefficient (Wildman–Crippen LogP) is 2.37. The summed E-state index contributed by atoms with van der Waals surface area (Å²) in [4.78, 5) is 11.4. The number of nitrogens with two attached hydrogens (primary N) is 1. The van der Waals surface area contributed by atoms with E-state index in [-0.39, 0.29) is 6.61 Å². The summed E-state index contributed by atoms with van der Waals surface area (Å²) in [5.41, 5.74) is 6.12. The van der Waals surface area contributed by atoms with Crippen molar-refractivity contribution in [2.24, 2.45) is 5.73 Å². The Labute approximate surface area is 125 Å². The van der Waals surface area contributed by atoms with Crippen LogP contribution in [0.3, 0.4) is 0 Å². The second-order valence-electron chi connectivity index (χ2n) is 3.91. The van der Waals surface area contributed by atoms with E-state index in [4.69, 9.17) is 15.2 Å². The minimum absolute atomic E-state index is 0.0900. The van der Waals surface area contributed by atoms with Gasteiger partial charge in [0, 0.05) is 5.56 Å². The fourth-order valence-corrected chi connectivity index (χ4v) is 2.15. The highest BCUT2D eigenvalue weighted by Gasteiger charge is 2.30. The number of hydrogen-bond donors (Lipinski definition) is 1. The van der Waals surface area contributed by atoms with Gasteiger partial charge in [0.15, 0.2) is 0 Å². The highest BCUT2D eigenvalue weighted by molar-refractivity contribution is 9.10. The fraction of sp³-hybridized carbons (Fsp3) is 0.462. The minimum Gasteiger partial charge on any atom is -0.496 e. The summed E-state index contributed by atoms with van der Waals surface area (Å²) in [6, 6.07) is 1.93. The number of esters is 1. The van der Waals surface area contributed by atoms with Crippen molar-refractivity contribution in [1.29, 1.82) is 0 Å². The second kappa shape index (κ2) is 7.44. The molecule has 0 bridgehead atoms. The van der Waals surface area contributed by atoms with Gasteiger partial charge in [0.2, 0.25) is 6.17 Å². The Bertz CT molecular complexity index is 484. The number of rotatable bonds is 6. The van der Waals surface area contributed by atoms with E-state index < -0.39 is 18.2 Å². The van der Waals surface area contributed by atoms with Crippen LogP contribution in [0.25, 0.3) is 0 Å². The largest absolute Gasteiger partial charge is 0.496 e. The molecule has 0 aromatic heterocycles.